The number of hydrogen-bond donors (Lipinski definition) is 2. The molecule has 2 aromatic carbocycles. The molecule has 1 aliphatic heterocycles. The fourth-order valence-electron chi connectivity index (χ4n) is 3.35. The van der Waals surface area contributed by atoms with E-state index in [0.717, 1.165) is 5.69 Å². The van der Waals surface area contributed by atoms with Gasteiger partial charge in [0.05, 0.1) is 30.1 Å². The van der Waals surface area contributed by atoms with Crippen molar-refractivity contribution >= 4 is 40.5 Å². The summed E-state index contributed by atoms with van der Waals surface area (Å²) in [4.78, 5) is 28.0. The highest BCUT2D eigenvalue weighted by Gasteiger charge is 2.23. The van der Waals surface area contributed by atoms with Gasteiger partial charge in [0, 0.05) is 44.4 Å². The molecule has 0 unspecified atom stereocenters. The fraction of sp³-hybridized carbons (Fsp3) is 0.364. The average molecular weight is 431 g/mol. The highest BCUT2D eigenvalue weighted by Crippen LogP contribution is 2.36. The summed E-state index contributed by atoms with van der Waals surface area (Å²) in [5.41, 5.74) is 2.30. The lowest BCUT2D eigenvalue weighted by molar-refractivity contribution is -0.138. The fourth-order valence-corrected chi connectivity index (χ4v) is 3.55. The molecule has 7 nitrogen and oxygen atoms in total. The van der Waals surface area contributed by atoms with Crippen LogP contribution in [0.1, 0.15) is 13.3 Å². The van der Waals surface area contributed by atoms with Crippen LogP contribution >= 0.6 is 11.6 Å². The Kier molecular flexibility index (Phi) is 7.41. The molecule has 0 radical (unpaired) electrons. The highest BCUT2D eigenvalue weighted by molar-refractivity contribution is 6.33. The second-order valence-corrected chi connectivity index (χ2v) is 7.40. The molecule has 8 heteroatoms. The van der Waals surface area contributed by atoms with E-state index in [4.69, 9.17) is 16.3 Å². The van der Waals surface area contributed by atoms with Crippen molar-refractivity contribution in [3.8, 4) is 5.75 Å². The van der Waals surface area contributed by atoms with Crippen LogP contribution in [0.2, 0.25) is 5.02 Å². The first-order valence-corrected chi connectivity index (χ1v) is 10.4. The molecular formula is C22H27ClN4O3. The maximum absolute atomic E-state index is 12.6. The van der Waals surface area contributed by atoms with Crippen LogP contribution in [0, 0.1) is 0 Å². The summed E-state index contributed by atoms with van der Waals surface area (Å²) in [7, 11) is 1.56. The number of benzene rings is 2. The molecule has 1 fully saturated rings. The minimum atomic E-state index is -0.0202. The predicted molar refractivity (Wildman–Crippen MR) is 120 cm³/mol. The van der Waals surface area contributed by atoms with E-state index < -0.39 is 0 Å². The summed E-state index contributed by atoms with van der Waals surface area (Å²) >= 11 is 6.39. The Morgan fingerprint density at radius 1 is 1.00 bits per heavy atom. The zero-order valence-corrected chi connectivity index (χ0v) is 18.0. The molecule has 2 aromatic rings. The molecule has 0 saturated carbocycles. The van der Waals surface area contributed by atoms with Gasteiger partial charge in [0.2, 0.25) is 11.8 Å². The van der Waals surface area contributed by atoms with Gasteiger partial charge in [0.15, 0.2) is 0 Å². The molecule has 160 valence electrons. The van der Waals surface area contributed by atoms with Crippen molar-refractivity contribution in [1.82, 2.24) is 9.80 Å². The Bertz CT molecular complexity index is 883. The van der Waals surface area contributed by atoms with Crippen molar-refractivity contribution < 1.29 is 14.3 Å². The first-order valence-electron chi connectivity index (χ1n) is 10.0. The van der Waals surface area contributed by atoms with Gasteiger partial charge in [-0.25, -0.2) is 0 Å². The van der Waals surface area contributed by atoms with E-state index in [2.05, 4.69) is 10.6 Å². The third kappa shape index (κ3) is 5.36. The third-order valence-corrected chi connectivity index (χ3v) is 5.37. The van der Waals surface area contributed by atoms with Gasteiger partial charge in [-0.1, -0.05) is 36.7 Å². The maximum atomic E-state index is 12.6. The Morgan fingerprint density at radius 3 is 2.23 bits per heavy atom. The number of hydrogen-bond acceptors (Lipinski definition) is 5. The Hall–Kier alpha value is -2.93. The third-order valence-electron chi connectivity index (χ3n) is 5.06. The molecule has 1 saturated heterocycles. The van der Waals surface area contributed by atoms with Gasteiger partial charge < -0.3 is 25.2 Å². The van der Waals surface area contributed by atoms with Crippen molar-refractivity contribution in [1.29, 1.82) is 0 Å². The minimum absolute atomic E-state index is 0.0202. The van der Waals surface area contributed by atoms with Gasteiger partial charge in [0.1, 0.15) is 5.75 Å². The van der Waals surface area contributed by atoms with E-state index in [-0.39, 0.29) is 18.4 Å². The Morgan fingerprint density at radius 2 is 1.63 bits per heavy atom. The van der Waals surface area contributed by atoms with Crippen LogP contribution < -0.4 is 15.4 Å². The summed E-state index contributed by atoms with van der Waals surface area (Å²) < 4.78 is 5.42. The van der Waals surface area contributed by atoms with Gasteiger partial charge in [-0.15, -0.1) is 0 Å². The summed E-state index contributed by atoms with van der Waals surface area (Å²) in [6.07, 6.45) is 0.491. The van der Waals surface area contributed by atoms with Crippen LogP contribution in [-0.2, 0) is 9.59 Å². The number of piperazine rings is 1. The molecule has 3 rings (SSSR count). The predicted octanol–water partition coefficient (Wildman–Crippen LogP) is 3.58. The van der Waals surface area contributed by atoms with Crippen molar-refractivity contribution in [3.05, 3.63) is 47.5 Å². The van der Waals surface area contributed by atoms with Crippen molar-refractivity contribution in [2.75, 3.05) is 50.5 Å². The van der Waals surface area contributed by atoms with Gasteiger partial charge in [-0.3, -0.25) is 9.59 Å². The number of rotatable bonds is 7. The number of para-hydroxylation sites is 1. The number of halogens is 1. The highest BCUT2D eigenvalue weighted by atomic mass is 35.5. The van der Waals surface area contributed by atoms with Crippen molar-refractivity contribution in [2.45, 2.75) is 13.3 Å². The van der Waals surface area contributed by atoms with Crippen LogP contribution in [0.4, 0.5) is 17.1 Å². The van der Waals surface area contributed by atoms with E-state index in [9.17, 15) is 9.59 Å². The molecule has 0 aromatic heterocycles. The van der Waals surface area contributed by atoms with Gasteiger partial charge in [-0.2, -0.15) is 0 Å². The molecule has 0 spiro atoms. The van der Waals surface area contributed by atoms with E-state index in [1.165, 1.54) is 0 Å². The SMILES string of the molecule is CCC(=O)N1CCN(C(=O)CNc2cc(Nc3ccccc3)c(Cl)cc2OC)CC1. The quantitative estimate of drug-likeness (QED) is 0.702. The first kappa shape index (κ1) is 21.8. The molecule has 0 bridgehead atoms. The standard InChI is InChI=1S/C22H27ClN4O3/c1-3-21(28)26-9-11-27(12-10-26)22(29)15-24-19-14-18(17(23)13-20(19)30-2)25-16-7-5-4-6-8-16/h4-8,13-14,24-25H,3,9-12,15H2,1-2H3. The van der Waals surface area contributed by atoms with E-state index in [1.807, 2.05) is 43.3 Å². The van der Waals surface area contributed by atoms with Crippen molar-refractivity contribution in [2.24, 2.45) is 0 Å². The second-order valence-electron chi connectivity index (χ2n) is 6.99. The number of amides is 2. The zero-order chi connectivity index (χ0) is 21.5. The van der Waals surface area contributed by atoms with Crippen LogP contribution in [0.15, 0.2) is 42.5 Å². The molecular weight excluding hydrogens is 404 g/mol. The lowest BCUT2D eigenvalue weighted by Gasteiger charge is -2.34. The van der Waals surface area contributed by atoms with Gasteiger partial charge in [-0.05, 0) is 18.2 Å². The maximum Gasteiger partial charge on any atom is 0.241 e. The molecule has 2 amide bonds. The van der Waals surface area contributed by atoms with Gasteiger partial charge in [0.25, 0.3) is 0 Å². The topological polar surface area (TPSA) is 73.9 Å². The number of nitrogens with one attached hydrogen (secondary N) is 2. The molecule has 0 aliphatic carbocycles. The number of anilines is 3. The first-order chi connectivity index (χ1) is 14.5. The average Bonchev–Trinajstić information content (AvgIpc) is 2.79. The largest absolute Gasteiger partial charge is 0.495 e. The van der Waals surface area contributed by atoms with Gasteiger partial charge >= 0.3 is 0 Å². The number of ether oxygens (including phenoxy) is 1. The smallest absolute Gasteiger partial charge is 0.241 e. The lowest BCUT2D eigenvalue weighted by Crippen LogP contribution is -2.51. The minimum Gasteiger partial charge on any atom is -0.495 e. The number of methoxy groups -OCH3 is 1. The number of carbonyl (C=O) groups excluding carboxylic acids is 2. The summed E-state index contributed by atoms with van der Waals surface area (Å²) in [5.74, 6) is 0.669. The Balaban J connectivity index is 1.63. The van der Waals surface area contributed by atoms with E-state index in [0.29, 0.717) is 54.7 Å². The van der Waals surface area contributed by atoms with E-state index in [1.54, 1.807) is 23.0 Å². The summed E-state index contributed by atoms with van der Waals surface area (Å²) in [5, 5.41) is 6.96. The normalized spacial score (nSPS) is 13.7. The molecule has 1 heterocycles. The van der Waals surface area contributed by atoms with Crippen LogP contribution in [-0.4, -0.2) is 61.4 Å². The molecule has 30 heavy (non-hydrogen) atoms. The van der Waals surface area contributed by atoms with Crippen molar-refractivity contribution in [3.63, 3.8) is 0 Å². The molecule has 1 aliphatic rings. The number of carbonyl (C=O) groups is 2. The van der Waals surface area contributed by atoms with Crippen LogP contribution in [0.3, 0.4) is 0 Å². The van der Waals surface area contributed by atoms with Crippen LogP contribution in [0.5, 0.6) is 5.75 Å². The second kappa shape index (κ2) is 10.2. The molecule has 2 N–H and O–H groups in total. The monoisotopic (exact) mass is 430 g/mol. The zero-order valence-electron chi connectivity index (χ0n) is 17.3. The summed E-state index contributed by atoms with van der Waals surface area (Å²) in [6.45, 7) is 4.23. The van der Waals surface area contributed by atoms with E-state index >= 15 is 0 Å². The van der Waals surface area contributed by atoms with Crippen LogP contribution in [0.25, 0.3) is 0 Å². The molecule has 0 atom stereocenters. The lowest BCUT2D eigenvalue weighted by atomic mass is 10.2. The summed E-state index contributed by atoms with van der Waals surface area (Å²) in [6, 6.07) is 13.3. The Labute approximate surface area is 181 Å². The number of nitrogens with zero attached hydrogens (tertiary/aromatic N) is 2.